The minimum Gasteiger partial charge on any atom is -0.390 e. The molecule has 1 rings (SSSR count). The second kappa shape index (κ2) is 8.81. The van der Waals surface area contributed by atoms with Crippen molar-refractivity contribution in [3.05, 3.63) is 35.9 Å². The summed E-state index contributed by atoms with van der Waals surface area (Å²) < 4.78 is 0. The molecule has 0 heterocycles. The fraction of sp³-hybridized carbons (Fsp3) is 0.438. The smallest absolute Gasteiger partial charge is 0.0860 e. The van der Waals surface area contributed by atoms with Crippen molar-refractivity contribution in [2.24, 2.45) is 10.7 Å². The van der Waals surface area contributed by atoms with Crippen molar-refractivity contribution in [3.63, 3.8) is 0 Å². The number of rotatable bonds is 8. The largest absolute Gasteiger partial charge is 0.390 e. The summed E-state index contributed by atoms with van der Waals surface area (Å²) in [6.45, 7) is 8.54. The van der Waals surface area contributed by atoms with Gasteiger partial charge in [-0.2, -0.15) is 11.8 Å². The van der Waals surface area contributed by atoms with E-state index in [9.17, 15) is 0 Å². The summed E-state index contributed by atoms with van der Waals surface area (Å²) in [4.78, 5) is 4.18. The second-order valence-electron chi connectivity index (χ2n) is 4.48. The SMILES string of the molecule is C=C(CSCCCC)c1ccc(N=CN)c(CC)c1. The number of aryl methyl sites for hydroxylation is 1. The first-order valence-corrected chi connectivity index (χ1v) is 8.01. The Bertz CT molecular complexity index is 438. The van der Waals surface area contributed by atoms with E-state index < -0.39 is 0 Å². The summed E-state index contributed by atoms with van der Waals surface area (Å²) in [5.74, 6) is 2.22. The first-order chi connectivity index (χ1) is 9.22. The van der Waals surface area contributed by atoms with Crippen molar-refractivity contribution in [1.29, 1.82) is 0 Å². The van der Waals surface area contributed by atoms with Crippen LogP contribution >= 0.6 is 11.8 Å². The zero-order valence-corrected chi connectivity index (χ0v) is 12.8. The Kier molecular flexibility index (Phi) is 7.34. The Balaban J connectivity index is 2.70. The molecule has 0 aromatic heterocycles. The molecule has 3 heteroatoms. The summed E-state index contributed by atoms with van der Waals surface area (Å²) in [6, 6.07) is 6.30. The third-order valence-electron chi connectivity index (χ3n) is 3.00. The quantitative estimate of drug-likeness (QED) is 0.434. The lowest BCUT2D eigenvalue weighted by atomic mass is 10.0. The lowest BCUT2D eigenvalue weighted by molar-refractivity contribution is 0.897. The second-order valence-corrected chi connectivity index (χ2v) is 5.59. The number of benzene rings is 1. The van der Waals surface area contributed by atoms with E-state index in [0.717, 1.165) is 17.9 Å². The van der Waals surface area contributed by atoms with E-state index in [-0.39, 0.29) is 0 Å². The Morgan fingerprint density at radius 1 is 1.42 bits per heavy atom. The summed E-state index contributed by atoms with van der Waals surface area (Å²) in [5, 5.41) is 0. The summed E-state index contributed by atoms with van der Waals surface area (Å²) in [7, 11) is 0. The van der Waals surface area contributed by atoms with Crippen LogP contribution < -0.4 is 5.73 Å². The average molecular weight is 276 g/mol. The molecule has 1 aromatic carbocycles. The zero-order chi connectivity index (χ0) is 14.1. The van der Waals surface area contributed by atoms with Crippen LogP contribution in [0.4, 0.5) is 5.69 Å². The standard InChI is InChI=1S/C16H24N2S/c1-4-6-9-19-11-13(3)15-7-8-16(18-12-17)14(5-2)10-15/h7-8,10,12H,3-6,9,11H2,1-2H3,(H2,17,18). The molecule has 0 saturated heterocycles. The van der Waals surface area contributed by atoms with Crippen molar-refractivity contribution >= 4 is 29.4 Å². The summed E-state index contributed by atoms with van der Waals surface area (Å²) in [5.41, 5.74) is 9.96. The third kappa shape index (κ3) is 5.11. The number of nitrogens with zero attached hydrogens (tertiary/aromatic N) is 1. The summed E-state index contributed by atoms with van der Waals surface area (Å²) in [6.07, 6.45) is 4.84. The molecule has 0 atom stereocenters. The highest BCUT2D eigenvalue weighted by Gasteiger charge is 2.04. The first kappa shape index (κ1) is 15.8. The molecule has 1 aromatic rings. The molecule has 0 bridgehead atoms. The van der Waals surface area contributed by atoms with E-state index in [1.807, 2.05) is 17.8 Å². The third-order valence-corrected chi connectivity index (χ3v) is 4.13. The Morgan fingerprint density at radius 3 is 2.84 bits per heavy atom. The molecule has 0 amide bonds. The molecule has 0 radical (unpaired) electrons. The number of nitrogens with two attached hydrogens (primary N) is 1. The number of hydrogen-bond acceptors (Lipinski definition) is 2. The van der Waals surface area contributed by atoms with Crippen LogP contribution in [0.25, 0.3) is 5.57 Å². The van der Waals surface area contributed by atoms with Gasteiger partial charge in [0.1, 0.15) is 0 Å². The van der Waals surface area contributed by atoms with Gasteiger partial charge in [-0.3, -0.25) is 0 Å². The van der Waals surface area contributed by atoms with Gasteiger partial charge >= 0.3 is 0 Å². The number of aliphatic imine (C=N–C) groups is 1. The van der Waals surface area contributed by atoms with Crippen LogP contribution in [0.1, 0.15) is 37.8 Å². The Morgan fingerprint density at radius 2 is 2.21 bits per heavy atom. The highest BCUT2D eigenvalue weighted by molar-refractivity contribution is 7.99. The van der Waals surface area contributed by atoms with E-state index in [1.54, 1.807) is 0 Å². The predicted molar refractivity (Wildman–Crippen MR) is 89.4 cm³/mol. The van der Waals surface area contributed by atoms with Crippen LogP contribution in [0.15, 0.2) is 29.8 Å². The van der Waals surface area contributed by atoms with Gasteiger partial charge in [0, 0.05) is 5.75 Å². The van der Waals surface area contributed by atoms with Gasteiger partial charge in [-0.1, -0.05) is 32.9 Å². The Hall–Kier alpha value is -1.22. The lowest BCUT2D eigenvalue weighted by Crippen LogP contribution is -1.93. The maximum Gasteiger partial charge on any atom is 0.0860 e. The van der Waals surface area contributed by atoms with Crippen molar-refractivity contribution in [2.75, 3.05) is 11.5 Å². The monoisotopic (exact) mass is 276 g/mol. The normalized spacial score (nSPS) is 11.1. The minimum absolute atomic E-state index is 0.955. The van der Waals surface area contributed by atoms with Gasteiger partial charge in [0.25, 0.3) is 0 Å². The van der Waals surface area contributed by atoms with E-state index in [0.29, 0.717) is 0 Å². The molecule has 19 heavy (non-hydrogen) atoms. The van der Waals surface area contributed by atoms with Gasteiger partial charge in [0.2, 0.25) is 0 Å². The number of unbranched alkanes of at least 4 members (excludes halogenated alkanes) is 1. The molecule has 0 aliphatic rings. The van der Waals surface area contributed by atoms with Crippen molar-refractivity contribution in [1.82, 2.24) is 0 Å². The fourth-order valence-corrected chi connectivity index (χ4v) is 2.87. The molecule has 0 aliphatic carbocycles. The van der Waals surface area contributed by atoms with Gasteiger partial charge in [-0.25, -0.2) is 4.99 Å². The van der Waals surface area contributed by atoms with E-state index in [4.69, 9.17) is 5.73 Å². The average Bonchev–Trinajstić information content (AvgIpc) is 2.44. The van der Waals surface area contributed by atoms with Gasteiger partial charge < -0.3 is 5.73 Å². The van der Waals surface area contributed by atoms with Gasteiger partial charge in [-0.15, -0.1) is 0 Å². The molecule has 0 fully saturated rings. The lowest BCUT2D eigenvalue weighted by Gasteiger charge is -2.09. The van der Waals surface area contributed by atoms with E-state index >= 15 is 0 Å². The summed E-state index contributed by atoms with van der Waals surface area (Å²) >= 11 is 1.96. The molecule has 2 N–H and O–H groups in total. The molecule has 104 valence electrons. The fourth-order valence-electron chi connectivity index (χ4n) is 1.82. The molecule has 0 aliphatic heterocycles. The molecule has 0 spiro atoms. The van der Waals surface area contributed by atoms with Gasteiger partial charge in [-0.05, 0) is 47.4 Å². The van der Waals surface area contributed by atoms with Gasteiger partial charge in [0.05, 0.1) is 12.0 Å². The van der Waals surface area contributed by atoms with Crippen molar-refractivity contribution < 1.29 is 0 Å². The highest BCUT2D eigenvalue weighted by Crippen LogP contribution is 2.26. The van der Waals surface area contributed by atoms with E-state index in [1.165, 1.54) is 41.6 Å². The molecular weight excluding hydrogens is 252 g/mol. The molecule has 0 saturated carbocycles. The van der Waals surface area contributed by atoms with Gasteiger partial charge in [0.15, 0.2) is 0 Å². The maximum absolute atomic E-state index is 5.36. The van der Waals surface area contributed by atoms with Crippen LogP contribution in [0.5, 0.6) is 0 Å². The predicted octanol–water partition coefficient (Wildman–Crippen LogP) is 4.41. The zero-order valence-electron chi connectivity index (χ0n) is 12.0. The van der Waals surface area contributed by atoms with Crippen LogP contribution in [-0.2, 0) is 6.42 Å². The van der Waals surface area contributed by atoms with Crippen LogP contribution in [0.3, 0.4) is 0 Å². The van der Waals surface area contributed by atoms with Crippen LogP contribution in [-0.4, -0.2) is 17.8 Å². The van der Waals surface area contributed by atoms with E-state index in [2.05, 4.69) is 37.6 Å². The molecule has 0 unspecified atom stereocenters. The number of thioether (sulfide) groups is 1. The molecule has 2 nitrogen and oxygen atoms in total. The number of hydrogen-bond donors (Lipinski definition) is 1. The molecular formula is C16H24N2S. The van der Waals surface area contributed by atoms with Crippen LogP contribution in [0, 0.1) is 0 Å². The van der Waals surface area contributed by atoms with Crippen molar-refractivity contribution in [2.45, 2.75) is 33.1 Å². The van der Waals surface area contributed by atoms with Crippen molar-refractivity contribution in [3.8, 4) is 0 Å². The minimum atomic E-state index is 0.955. The topological polar surface area (TPSA) is 38.4 Å². The van der Waals surface area contributed by atoms with Crippen LogP contribution in [0.2, 0.25) is 0 Å². The Labute approximate surface area is 121 Å². The first-order valence-electron chi connectivity index (χ1n) is 6.86. The maximum atomic E-state index is 5.36. The highest BCUT2D eigenvalue weighted by atomic mass is 32.2.